The Morgan fingerprint density at radius 1 is 1.12 bits per heavy atom. The maximum Gasteiger partial charge on any atom is 0.311 e. The van der Waals surface area contributed by atoms with E-state index in [-0.39, 0.29) is 17.9 Å². The van der Waals surface area contributed by atoms with Gasteiger partial charge in [0.15, 0.2) is 0 Å². The van der Waals surface area contributed by atoms with Crippen LogP contribution >= 0.6 is 0 Å². The van der Waals surface area contributed by atoms with Crippen LogP contribution in [0.1, 0.15) is 23.7 Å². The van der Waals surface area contributed by atoms with Crippen LogP contribution in [0.25, 0.3) is 10.8 Å². The second kappa shape index (κ2) is 7.30. The molecule has 2 aromatic carbocycles. The second-order valence-electron chi connectivity index (χ2n) is 5.93. The summed E-state index contributed by atoms with van der Waals surface area (Å²) in [6.45, 7) is 4.45. The molecule has 0 saturated carbocycles. The number of benzene rings is 2. The molecule has 0 bridgehead atoms. The van der Waals surface area contributed by atoms with Crippen LogP contribution in [0.4, 0.5) is 0 Å². The minimum absolute atomic E-state index is 0.0441. The first-order valence-corrected chi connectivity index (χ1v) is 8.28. The number of hydrogen-bond acceptors (Lipinski definition) is 4. The molecular formula is C20H20N2O3. The van der Waals surface area contributed by atoms with E-state index in [9.17, 15) is 9.59 Å². The number of aromatic nitrogens is 2. The Labute approximate surface area is 145 Å². The molecule has 0 aliphatic rings. The molecule has 1 heterocycles. The van der Waals surface area contributed by atoms with Crippen molar-refractivity contribution in [1.29, 1.82) is 0 Å². The SMILES string of the molecule is CCOC(=O)Cc1nn(Cc2cccc(C)c2)c(=O)c2ccccc12. The van der Waals surface area contributed by atoms with Crippen LogP contribution in [0.3, 0.4) is 0 Å². The molecule has 0 aliphatic heterocycles. The average Bonchev–Trinajstić information content (AvgIpc) is 2.59. The Hall–Kier alpha value is -2.95. The van der Waals surface area contributed by atoms with E-state index in [2.05, 4.69) is 5.10 Å². The minimum Gasteiger partial charge on any atom is -0.466 e. The number of nitrogens with zero attached hydrogens (tertiary/aromatic N) is 2. The Bertz CT molecular complexity index is 976. The lowest BCUT2D eigenvalue weighted by molar-refractivity contribution is -0.142. The molecule has 0 radical (unpaired) electrons. The third kappa shape index (κ3) is 3.76. The van der Waals surface area contributed by atoms with Gasteiger partial charge in [0.1, 0.15) is 0 Å². The van der Waals surface area contributed by atoms with E-state index in [1.807, 2.05) is 49.4 Å². The van der Waals surface area contributed by atoms with E-state index in [4.69, 9.17) is 4.74 Å². The standard InChI is InChI=1S/C20H20N2O3/c1-3-25-19(23)12-18-16-9-4-5-10-17(16)20(24)22(21-18)13-15-8-6-7-14(2)11-15/h4-11H,3,12-13H2,1-2H3. The first-order valence-electron chi connectivity index (χ1n) is 8.28. The monoisotopic (exact) mass is 336 g/mol. The highest BCUT2D eigenvalue weighted by molar-refractivity contribution is 5.86. The van der Waals surface area contributed by atoms with Gasteiger partial charge in [-0.3, -0.25) is 9.59 Å². The summed E-state index contributed by atoms with van der Waals surface area (Å²) in [6.07, 6.45) is 0.0441. The minimum atomic E-state index is -0.346. The summed E-state index contributed by atoms with van der Waals surface area (Å²) in [5.41, 5.74) is 2.51. The number of hydrogen-bond donors (Lipinski definition) is 0. The molecule has 5 nitrogen and oxygen atoms in total. The van der Waals surface area contributed by atoms with Crippen molar-refractivity contribution in [3.05, 3.63) is 75.7 Å². The molecule has 128 valence electrons. The van der Waals surface area contributed by atoms with Crippen LogP contribution in [-0.4, -0.2) is 22.4 Å². The molecule has 1 aromatic heterocycles. The molecule has 0 N–H and O–H groups in total. The molecule has 0 amide bonds. The summed E-state index contributed by atoms with van der Waals surface area (Å²) in [5.74, 6) is -0.346. The fourth-order valence-electron chi connectivity index (χ4n) is 2.88. The Morgan fingerprint density at radius 3 is 2.60 bits per heavy atom. The van der Waals surface area contributed by atoms with Gasteiger partial charge in [-0.15, -0.1) is 0 Å². The second-order valence-corrected chi connectivity index (χ2v) is 5.93. The smallest absolute Gasteiger partial charge is 0.311 e. The van der Waals surface area contributed by atoms with E-state index in [0.29, 0.717) is 29.6 Å². The van der Waals surface area contributed by atoms with Crippen LogP contribution in [-0.2, 0) is 22.5 Å². The highest BCUT2D eigenvalue weighted by Gasteiger charge is 2.14. The molecular weight excluding hydrogens is 316 g/mol. The Kier molecular flexibility index (Phi) is 4.93. The molecule has 0 spiro atoms. The molecule has 3 aromatic rings. The highest BCUT2D eigenvalue weighted by atomic mass is 16.5. The summed E-state index contributed by atoms with van der Waals surface area (Å²) in [4.78, 5) is 24.7. The molecule has 25 heavy (non-hydrogen) atoms. The van der Waals surface area contributed by atoms with Gasteiger partial charge in [0.2, 0.25) is 0 Å². The highest BCUT2D eigenvalue weighted by Crippen LogP contribution is 2.15. The van der Waals surface area contributed by atoms with Crippen molar-refractivity contribution in [2.75, 3.05) is 6.61 Å². The third-order valence-electron chi connectivity index (χ3n) is 3.98. The number of rotatable bonds is 5. The summed E-state index contributed by atoms with van der Waals surface area (Å²) in [5, 5.41) is 5.71. The van der Waals surface area contributed by atoms with Crippen molar-refractivity contribution < 1.29 is 9.53 Å². The molecule has 0 saturated heterocycles. The van der Waals surface area contributed by atoms with Gasteiger partial charge in [-0.1, -0.05) is 48.0 Å². The predicted molar refractivity (Wildman–Crippen MR) is 96.6 cm³/mol. The number of carbonyl (C=O) groups excluding carboxylic acids is 1. The fourth-order valence-corrected chi connectivity index (χ4v) is 2.88. The van der Waals surface area contributed by atoms with Crippen molar-refractivity contribution in [2.45, 2.75) is 26.8 Å². The van der Waals surface area contributed by atoms with Crippen LogP contribution in [0.15, 0.2) is 53.3 Å². The van der Waals surface area contributed by atoms with Gasteiger partial charge < -0.3 is 4.74 Å². The van der Waals surface area contributed by atoms with Crippen molar-refractivity contribution >= 4 is 16.7 Å². The molecule has 5 heteroatoms. The first kappa shape index (κ1) is 16.9. The largest absolute Gasteiger partial charge is 0.466 e. The zero-order chi connectivity index (χ0) is 17.8. The lowest BCUT2D eigenvalue weighted by atomic mass is 10.1. The summed E-state index contributed by atoms with van der Waals surface area (Å²) in [6, 6.07) is 15.2. The number of fused-ring (bicyclic) bond motifs is 1. The van der Waals surface area contributed by atoms with E-state index in [0.717, 1.165) is 11.1 Å². The number of carbonyl (C=O) groups is 1. The van der Waals surface area contributed by atoms with Crippen molar-refractivity contribution in [3.8, 4) is 0 Å². The van der Waals surface area contributed by atoms with Crippen LogP contribution in [0, 0.1) is 6.92 Å². The van der Waals surface area contributed by atoms with Crippen LogP contribution in [0.2, 0.25) is 0 Å². The van der Waals surface area contributed by atoms with E-state index in [1.165, 1.54) is 4.68 Å². The van der Waals surface area contributed by atoms with Gasteiger partial charge in [-0.2, -0.15) is 5.10 Å². The van der Waals surface area contributed by atoms with Crippen LogP contribution < -0.4 is 5.56 Å². The maximum atomic E-state index is 12.8. The number of ether oxygens (including phenoxy) is 1. The Balaban J connectivity index is 2.07. The summed E-state index contributed by atoms with van der Waals surface area (Å²) >= 11 is 0. The average molecular weight is 336 g/mol. The normalized spacial score (nSPS) is 10.8. The summed E-state index contributed by atoms with van der Waals surface area (Å²) < 4.78 is 6.45. The van der Waals surface area contributed by atoms with E-state index >= 15 is 0 Å². The lowest BCUT2D eigenvalue weighted by Gasteiger charge is -2.11. The van der Waals surface area contributed by atoms with Crippen molar-refractivity contribution in [2.24, 2.45) is 0 Å². The maximum absolute atomic E-state index is 12.8. The van der Waals surface area contributed by atoms with Gasteiger partial charge in [-0.05, 0) is 25.5 Å². The van der Waals surface area contributed by atoms with Crippen LogP contribution in [0.5, 0.6) is 0 Å². The van der Waals surface area contributed by atoms with E-state index < -0.39 is 0 Å². The summed E-state index contributed by atoms with van der Waals surface area (Å²) in [7, 11) is 0. The lowest BCUT2D eigenvalue weighted by Crippen LogP contribution is -2.26. The van der Waals surface area contributed by atoms with Gasteiger partial charge in [0, 0.05) is 5.39 Å². The Morgan fingerprint density at radius 2 is 1.88 bits per heavy atom. The molecule has 0 aliphatic carbocycles. The molecule has 0 unspecified atom stereocenters. The third-order valence-corrected chi connectivity index (χ3v) is 3.98. The van der Waals surface area contributed by atoms with Gasteiger partial charge in [0.25, 0.3) is 5.56 Å². The number of esters is 1. The van der Waals surface area contributed by atoms with Gasteiger partial charge in [0.05, 0.1) is 30.7 Å². The van der Waals surface area contributed by atoms with Gasteiger partial charge in [-0.25, -0.2) is 4.68 Å². The van der Waals surface area contributed by atoms with Crippen molar-refractivity contribution in [1.82, 2.24) is 9.78 Å². The quantitative estimate of drug-likeness (QED) is 0.672. The zero-order valence-corrected chi connectivity index (χ0v) is 14.4. The van der Waals surface area contributed by atoms with Gasteiger partial charge >= 0.3 is 5.97 Å². The number of aryl methyl sites for hydroxylation is 1. The molecule has 0 fully saturated rings. The van der Waals surface area contributed by atoms with Crippen molar-refractivity contribution in [3.63, 3.8) is 0 Å². The topological polar surface area (TPSA) is 61.2 Å². The zero-order valence-electron chi connectivity index (χ0n) is 14.4. The molecule has 3 rings (SSSR count). The predicted octanol–water partition coefficient (Wildman–Crippen LogP) is 2.86. The first-order chi connectivity index (χ1) is 12.1. The van der Waals surface area contributed by atoms with E-state index in [1.54, 1.807) is 13.0 Å². The molecule has 0 atom stereocenters. The fraction of sp³-hybridized carbons (Fsp3) is 0.250.